The molecule has 13 nitrogen and oxygen atoms in total. The number of nitrogens with zero attached hydrogens (tertiary/aromatic N) is 4. The number of esters is 1. The van der Waals surface area contributed by atoms with E-state index < -0.39 is 18.1 Å². The van der Waals surface area contributed by atoms with Gasteiger partial charge in [-0.25, -0.2) is 14.8 Å². The highest BCUT2D eigenvalue weighted by atomic mass is 16.5. The third-order valence-electron chi connectivity index (χ3n) is 13.4. The molecular weight excluding hydrogens is 759 g/mol. The van der Waals surface area contributed by atoms with Crippen molar-refractivity contribution < 1.29 is 28.7 Å². The minimum atomic E-state index is -0.696. The van der Waals surface area contributed by atoms with Gasteiger partial charge >= 0.3 is 12.1 Å². The van der Waals surface area contributed by atoms with Crippen molar-refractivity contribution in [1.82, 2.24) is 35.1 Å². The van der Waals surface area contributed by atoms with Crippen LogP contribution in [-0.4, -0.2) is 86.5 Å². The van der Waals surface area contributed by atoms with Crippen molar-refractivity contribution in [2.45, 2.75) is 90.4 Å². The molecule has 6 atom stereocenters. The van der Waals surface area contributed by atoms with Gasteiger partial charge in [-0.2, -0.15) is 0 Å². The molecule has 0 spiro atoms. The Morgan fingerprint density at radius 3 is 2.00 bits per heavy atom. The molecule has 60 heavy (non-hydrogen) atoms. The van der Waals surface area contributed by atoms with Gasteiger partial charge in [0.05, 0.1) is 60.7 Å². The predicted octanol–water partition coefficient (Wildman–Crippen LogP) is 8.34. The molecule has 6 aromatic rings. The van der Waals surface area contributed by atoms with Crippen LogP contribution in [0.3, 0.4) is 0 Å². The number of piperidine rings is 1. The summed E-state index contributed by atoms with van der Waals surface area (Å²) in [6.45, 7) is 8.41. The number of nitrogens with one attached hydrogen (secondary N) is 3. The first kappa shape index (κ1) is 39.5. The number of alkyl carbamates (subject to hydrolysis) is 1. The van der Waals surface area contributed by atoms with Gasteiger partial charge in [0.2, 0.25) is 11.8 Å². The number of rotatable bonds is 10. The molecule has 2 saturated heterocycles. The summed E-state index contributed by atoms with van der Waals surface area (Å²) >= 11 is 0. The molecular formula is C47H53N7O6. The number of likely N-dealkylation sites (tertiary alicyclic amines) is 2. The molecule has 1 aliphatic carbocycles. The van der Waals surface area contributed by atoms with E-state index in [1.807, 2.05) is 43.6 Å². The molecule has 0 unspecified atom stereocenters. The summed E-state index contributed by atoms with van der Waals surface area (Å²) in [6, 6.07) is 20.4. The maximum absolute atomic E-state index is 14.2. The van der Waals surface area contributed by atoms with Gasteiger partial charge in [-0.05, 0) is 96.0 Å². The molecule has 0 radical (unpaired) electrons. The first-order valence-electron chi connectivity index (χ1n) is 21.3. The molecule has 4 aromatic carbocycles. The minimum absolute atomic E-state index is 0.00133. The first-order chi connectivity index (χ1) is 28.9. The van der Waals surface area contributed by atoms with Crippen LogP contribution in [0.25, 0.3) is 54.7 Å². The van der Waals surface area contributed by atoms with Crippen molar-refractivity contribution in [1.29, 1.82) is 0 Å². The average Bonchev–Trinajstić information content (AvgIpc) is 4.11. The second kappa shape index (κ2) is 15.6. The third-order valence-corrected chi connectivity index (χ3v) is 13.4. The maximum Gasteiger partial charge on any atom is 0.407 e. The lowest BCUT2D eigenvalue weighted by molar-refractivity contribution is -0.150. The number of aromatic nitrogens is 4. The number of amides is 3. The van der Waals surface area contributed by atoms with E-state index in [0.29, 0.717) is 12.5 Å². The van der Waals surface area contributed by atoms with E-state index in [2.05, 4.69) is 69.9 Å². The number of fused-ring (bicyclic) bond motifs is 8. The third kappa shape index (κ3) is 6.81. The summed E-state index contributed by atoms with van der Waals surface area (Å²) in [5.41, 5.74) is 5.75. The highest BCUT2D eigenvalue weighted by Crippen LogP contribution is 2.51. The Morgan fingerprint density at radius 2 is 1.40 bits per heavy atom. The van der Waals surface area contributed by atoms with E-state index in [1.165, 1.54) is 14.2 Å². The van der Waals surface area contributed by atoms with Crippen molar-refractivity contribution >= 4 is 67.5 Å². The van der Waals surface area contributed by atoms with Gasteiger partial charge < -0.3 is 34.6 Å². The van der Waals surface area contributed by atoms with Gasteiger partial charge in [-0.3, -0.25) is 14.4 Å². The van der Waals surface area contributed by atoms with Gasteiger partial charge in [-0.1, -0.05) is 64.1 Å². The van der Waals surface area contributed by atoms with Crippen LogP contribution in [0.5, 0.6) is 0 Å². The number of ether oxygens (including phenoxy) is 2. The lowest BCUT2D eigenvalue weighted by Gasteiger charge is -2.37. The fourth-order valence-corrected chi connectivity index (χ4v) is 10.2. The Bertz CT molecular complexity index is 2660. The molecule has 3 aliphatic rings. The fourth-order valence-electron chi connectivity index (χ4n) is 10.2. The number of benzene rings is 4. The van der Waals surface area contributed by atoms with Crippen LogP contribution >= 0.6 is 0 Å². The van der Waals surface area contributed by atoms with Crippen LogP contribution < -0.4 is 5.32 Å². The van der Waals surface area contributed by atoms with Gasteiger partial charge in [0.15, 0.2) is 0 Å². The summed E-state index contributed by atoms with van der Waals surface area (Å²) in [5.74, 6) is 0.853. The number of imidazole rings is 2. The number of hydrogen-bond donors (Lipinski definition) is 3. The summed E-state index contributed by atoms with van der Waals surface area (Å²) in [4.78, 5) is 73.6. The minimum Gasteiger partial charge on any atom is -0.469 e. The molecule has 3 N–H and O–H groups in total. The molecule has 9 rings (SSSR count). The maximum atomic E-state index is 14.2. The monoisotopic (exact) mass is 811 g/mol. The molecule has 3 amide bonds. The van der Waals surface area contributed by atoms with Gasteiger partial charge in [0.25, 0.3) is 0 Å². The Morgan fingerprint density at radius 1 is 0.767 bits per heavy atom. The number of carbonyl (C=O) groups is 4. The molecule has 312 valence electrons. The second-order valence-corrected chi connectivity index (χ2v) is 17.6. The number of aromatic amines is 2. The smallest absolute Gasteiger partial charge is 0.407 e. The van der Waals surface area contributed by atoms with E-state index in [-0.39, 0.29) is 54.2 Å². The fraction of sp³-hybridized carbons (Fsp3) is 0.447. The highest BCUT2D eigenvalue weighted by molar-refractivity contribution is 6.07. The van der Waals surface area contributed by atoms with Crippen LogP contribution in [0.1, 0.15) is 90.0 Å². The standard InChI is InChI=1S/C47H53N7O6/c1-24(2)34(23-38(55)59-5)45(56)54-31-14-9-30(22-31)42(54)44-49-36-18-13-29-21-27(11-16-33(29)41(36)51-44)26-10-15-32-28(20-26)12-17-35-40(32)50-43(48-35)37-8-7-19-53(37)46(57)39(25(3)4)52-47(58)60-6/h10-13,15-18,20-21,24-25,30-31,34,37,39,42H,7-9,14,19,22-23H2,1-6H3,(H,48,50)(H,49,51)(H,52,58)/t30-,31+,34-,37-,39-,42-/m0/s1. The van der Waals surface area contributed by atoms with Crippen LogP contribution in [0.4, 0.5) is 4.79 Å². The van der Waals surface area contributed by atoms with Gasteiger partial charge in [-0.15, -0.1) is 0 Å². The van der Waals surface area contributed by atoms with E-state index in [1.54, 1.807) is 0 Å². The summed E-state index contributed by atoms with van der Waals surface area (Å²) in [7, 11) is 2.67. The number of H-pyrrole nitrogens is 2. The van der Waals surface area contributed by atoms with Crippen molar-refractivity contribution in [2.24, 2.45) is 23.7 Å². The molecule has 2 aromatic heterocycles. The molecule has 4 heterocycles. The predicted molar refractivity (Wildman–Crippen MR) is 230 cm³/mol. The van der Waals surface area contributed by atoms with E-state index in [9.17, 15) is 19.2 Å². The molecule has 3 fully saturated rings. The van der Waals surface area contributed by atoms with Crippen molar-refractivity contribution in [2.75, 3.05) is 20.8 Å². The van der Waals surface area contributed by atoms with Crippen molar-refractivity contribution in [3.8, 4) is 11.1 Å². The zero-order valence-electron chi connectivity index (χ0n) is 35.1. The molecule has 2 aliphatic heterocycles. The van der Waals surface area contributed by atoms with Gasteiger partial charge in [0, 0.05) is 23.4 Å². The van der Waals surface area contributed by atoms with Crippen LogP contribution in [0.15, 0.2) is 60.7 Å². The normalized spacial score (nSPS) is 21.2. The Labute approximate surface area is 348 Å². The topological polar surface area (TPSA) is 163 Å². The zero-order valence-corrected chi connectivity index (χ0v) is 35.1. The van der Waals surface area contributed by atoms with Crippen molar-refractivity contribution in [3.63, 3.8) is 0 Å². The SMILES string of the molecule is COC(=O)C[C@H](C(=O)N1[C@@H]2CC[C@@H](C2)[C@H]1c1nc2c(ccc3cc(-c4ccc5c(ccc6[nH]c([C@@H]7CCCN7C(=O)[C@@H](NC(=O)OC)C(C)C)nc65)c4)ccc32)[nH]1)C(C)C. The van der Waals surface area contributed by atoms with Crippen LogP contribution in [-0.2, 0) is 23.9 Å². The molecule has 13 heteroatoms. The Hall–Kier alpha value is -5.98. The first-order valence-corrected chi connectivity index (χ1v) is 21.3. The molecule has 2 bridgehead atoms. The van der Waals surface area contributed by atoms with E-state index in [4.69, 9.17) is 19.4 Å². The quantitative estimate of drug-likeness (QED) is 0.116. The second-order valence-electron chi connectivity index (χ2n) is 17.6. The van der Waals surface area contributed by atoms with Crippen molar-refractivity contribution in [3.05, 3.63) is 72.3 Å². The van der Waals surface area contributed by atoms with Crippen LogP contribution in [0.2, 0.25) is 0 Å². The lowest BCUT2D eigenvalue weighted by atomic mass is 9.89. The summed E-state index contributed by atoms with van der Waals surface area (Å²) in [6.07, 6.45) is 4.07. The zero-order chi connectivity index (χ0) is 42.0. The number of hydrogen-bond acceptors (Lipinski definition) is 8. The average molecular weight is 812 g/mol. The van der Waals surface area contributed by atoms with Crippen LogP contribution in [0, 0.1) is 23.7 Å². The molecule has 1 saturated carbocycles. The summed E-state index contributed by atoms with van der Waals surface area (Å²) < 4.78 is 9.76. The highest BCUT2D eigenvalue weighted by Gasteiger charge is 2.51. The van der Waals surface area contributed by atoms with E-state index in [0.717, 1.165) is 98.5 Å². The number of carbonyl (C=O) groups excluding carboxylic acids is 4. The largest absolute Gasteiger partial charge is 0.469 e. The summed E-state index contributed by atoms with van der Waals surface area (Å²) in [5, 5.41) is 6.91. The number of methoxy groups -OCH3 is 2. The van der Waals surface area contributed by atoms with E-state index >= 15 is 0 Å². The lowest BCUT2D eigenvalue weighted by Crippen LogP contribution is -2.51. The van der Waals surface area contributed by atoms with Gasteiger partial charge in [0.1, 0.15) is 17.7 Å². The Balaban J connectivity index is 0.986. The Kier molecular flexibility index (Phi) is 10.2.